The second kappa shape index (κ2) is 10.7. The first-order valence-electron chi connectivity index (χ1n) is 11.0. The SMILES string of the molecule is CCOCCCN1C(=O)NC(c2ccccc2)C(c2nc(-c3ccc(SC)cc3)no2)=C1C. The van der Waals surface area contributed by atoms with Gasteiger partial charge in [0.05, 0.1) is 11.6 Å². The molecule has 0 bridgehead atoms. The quantitative estimate of drug-likeness (QED) is 0.338. The van der Waals surface area contributed by atoms with E-state index in [0.29, 0.717) is 31.5 Å². The molecule has 172 valence electrons. The van der Waals surface area contributed by atoms with Gasteiger partial charge in [0.25, 0.3) is 5.89 Å². The summed E-state index contributed by atoms with van der Waals surface area (Å²) in [7, 11) is 0. The zero-order chi connectivity index (χ0) is 23.2. The molecule has 1 aliphatic rings. The summed E-state index contributed by atoms with van der Waals surface area (Å²) in [5.74, 6) is 0.921. The summed E-state index contributed by atoms with van der Waals surface area (Å²) in [5.41, 5.74) is 3.44. The summed E-state index contributed by atoms with van der Waals surface area (Å²) in [6, 6.07) is 17.4. The van der Waals surface area contributed by atoms with Crippen molar-refractivity contribution in [3.63, 3.8) is 0 Å². The predicted molar refractivity (Wildman–Crippen MR) is 130 cm³/mol. The third kappa shape index (κ3) is 5.12. The number of allylic oxidation sites excluding steroid dienone is 1. The lowest BCUT2D eigenvalue weighted by Crippen LogP contribution is -2.46. The Bertz CT molecular complexity index is 1110. The van der Waals surface area contributed by atoms with Crippen molar-refractivity contribution in [3.8, 4) is 11.4 Å². The number of nitrogens with one attached hydrogen (secondary N) is 1. The molecule has 2 heterocycles. The summed E-state index contributed by atoms with van der Waals surface area (Å²) in [6.45, 7) is 5.69. The fourth-order valence-corrected chi connectivity index (χ4v) is 4.29. The summed E-state index contributed by atoms with van der Waals surface area (Å²) in [5, 5.41) is 7.36. The molecule has 0 spiro atoms. The van der Waals surface area contributed by atoms with Gasteiger partial charge in [0.15, 0.2) is 0 Å². The average molecular weight is 465 g/mol. The van der Waals surface area contributed by atoms with E-state index in [1.54, 1.807) is 16.7 Å². The Morgan fingerprint density at radius 3 is 2.61 bits per heavy atom. The van der Waals surface area contributed by atoms with E-state index in [4.69, 9.17) is 14.2 Å². The molecule has 1 aromatic heterocycles. The second-order valence-electron chi connectivity index (χ2n) is 7.65. The highest BCUT2D eigenvalue weighted by Gasteiger charge is 2.35. The zero-order valence-electron chi connectivity index (χ0n) is 19.1. The van der Waals surface area contributed by atoms with Crippen LogP contribution >= 0.6 is 11.8 Å². The van der Waals surface area contributed by atoms with Crippen molar-refractivity contribution in [3.05, 3.63) is 71.7 Å². The van der Waals surface area contributed by atoms with Gasteiger partial charge >= 0.3 is 6.03 Å². The van der Waals surface area contributed by atoms with Gasteiger partial charge in [-0.15, -0.1) is 11.8 Å². The number of urea groups is 1. The van der Waals surface area contributed by atoms with Gasteiger partial charge in [-0.05, 0) is 56.4 Å². The summed E-state index contributed by atoms with van der Waals surface area (Å²) >= 11 is 1.68. The Hall–Kier alpha value is -3.10. The van der Waals surface area contributed by atoms with Gasteiger partial charge in [-0.1, -0.05) is 35.5 Å². The first-order chi connectivity index (χ1) is 16.1. The molecule has 2 amide bonds. The molecule has 7 nitrogen and oxygen atoms in total. The van der Waals surface area contributed by atoms with E-state index in [0.717, 1.165) is 28.8 Å². The highest BCUT2D eigenvalue weighted by atomic mass is 32.2. The molecule has 4 rings (SSSR count). The van der Waals surface area contributed by atoms with Crippen LogP contribution in [0.2, 0.25) is 0 Å². The zero-order valence-corrected chi connectivity index (χ0v) is 19.9. The molecule has 0 saturated carbocycles. The fraction of sp³-hybridized carbons (Fsp3) is 0.320. The smallest absolute Gasteiger partial charge is 0.322 e. The average Bonchev–Trinajstić information content (AvgIpc) is 3.33. The molecule has 0 radical (unpaired) electrons. The minimum atomic E-state index is -0.381. The van der Waals surface area contributed by atoms with Crippen LogP contribution in [0, 0.1) is 0 Å². The van der Waals surface area contributed by atoms with E-state index in [-0.39, 0.29) is 12.1 Å². The molecule has 1 atom stereocenters. The molecule has 0 fully saturated rings. The Morgan fingerprint density at radius 1 is 1.15 bits per heavy atom. The first-order valence-corrected chi connectivity index (χ1v) is 12.2. The number of carbonyl (C=O) groups excluding carboxylic acids is 1. The predicted octanol–water partition coefficient (Wildman–Crippen LogP) is 5.38. The van der Waals surface area contributed by atoms with E-state index in [1.165, 1.54) is 4.90 Å². The highest BCUT2D eigenvalue weighted by Crippen LogP contribution is 2.37. The third-order valence-electron chi connectivity index (χ3n) is 5.61. The normalized spacial score (nSPS) is 16.3. The van der Waals surface area contributed by atoms with Gasteiger partial charge in [-0.25, -0.2) is 4.79 Å². The van der Waals surface area contributed by atoms with Crippen molar-refractivity contribution in [1.29, 1.82) is 0 Å². The Kier molecular flexibility index (Phi) is 7.47. The molecule has 3 aromatic rings. The second-order valence-corrected chi connectivity index (χ2v) is 8.53. The number of carbonyl (C=O) groups is 1. The fourth-order valence-electron chi connectivity index (χ4n) is 3.88. The Balaban J connectivity index is 1.70. The topological polar surface area (TPSA) is 80.5 Å². The van der Waals surface area contributed by atoms with Gasteiger partial charge in [0.1, 0.15) is 0 Å². The molecule has 1 unspecified atom stereocenters. The van der Waals surface area contributed by atoms with Gasteiger partial charge in [-0.3, -0.25) is 4.90 Å². The van der Waals surface area contributed by atoms with Crippen LogP contribution in [0.15, 0.2) is 69.7 Å². The lowest BCUT2D eigenvalue weighted by molar-refractivity contribution is 0.136. The van der Waals surface area contributed by atoms with Crippen molar-refractivity contribution in [1.82, 2.24) is 20.4 Å². The van der Waals surface area contributed by atoms with Crippen molar-refractivity contribution in [2.75, 3.05) is 26.0 Å². The third-order valence-corrected chi connectivity index (χ3v) is 6.35. The maximum Gasteiger partial charge on any atom is 0.322 e. The van der Waals surface area contributed by atoms with Crippen LogP contribution in [0.25, 0.3) is 17.0 Å². The van der Waals surface area contributed by atoms with Crippen LogP contribution in [0.3, 0.4) is 0 Å². The van der Waals surface area contributed by atoms with Crippen molar-refractivity contribution in [2.24, 2.45) is 0 Å². The van der Waals surface area contributed by atoms with Crippen LogP contribution in [0.5, 0.6) is 0 Å². The number of amides is 2. The van der Waals surface area contributed by atoms with Crippen molar-refractivity contribution in [2.45, 2.75) is 31.2 Å². The van der Waals surface area contributed by atoms with Gasteiger partial charge in [0.2, 0.25) is 5.82 Å². The molecule has 8 heteroatoms. The minimum absolute atomic E-state index is 0.144. The van der Waals surface area contributed by atoms with Crippen molar-refractivity contribution < 1.29 is 14.1 Å². The molecular weight excluding hydrogens is 436 g/mol. The highest BCUT2D eigenvalue weighted by molar-refractivity contribution is 7.98. The molecular formula is C25H28N4O3S. The van der Waals surface area contributed by atoms with Gasteiger partial charge < -0.3 is 14.6 Å². The van der Waals surface area contributed by atoms with E-state index in [2.05, 4.69) is 10.5 Å². The van der Waals surface area contributed by atoms with Crippen LogP contribution in [0.4, 0.5) is 4.79 Å². The molecule has 33 heavy (non-hydrogen) atoms. The first kappa shape index (κ1) is 23.1. The lowest BCUT2D eigenvalue weighted by atomic mass is 9.94. The number of hydrogen-bond acceptors (Lipinski definition) is 6. The number of hydrogen-bond donors (Lipinski definition) is 1. The summed E-state index contributed by atoms with van der Waals surface area (Å²) in [6.07, 6.45) is 2.77. The Labute approximate surface area is 198 Å². The molecule has 1 N–H and O–H groups in total. The number of aromatic nitrogens is 2. The molecule has 1 aliphatic heterocycles. The largest absolute Gasteiger partial charge is 0.382 e. The maximum atomic E-state index is 13.0. The number of benzene rings is 2. The Morgan fingerprint density at radius 2 is 1.91 bits per heavy atom. The van der Waals surface area contributed by atoms with Crippen LogP contribution in [-0.4, -0.2) is 47.1 Å². The van der Waals surface area contributed by atoms with Crippen LogP contribution in [0.1, 0.15) is 37.8 Å². The minimum Gasteiger partial charge on any atom is -0.382 e. The standard InChI is InChI=1S/C25H28N4O3S/c1-4-31-16-8-15-29-17(2)21(22(26-25(29)30)18-9-6-5-7-10-18)24-27-23(28-32-24)19-11-13-20(33-3)14-12-19/h5-7,9-14,22H,4,8,15-16H2,1-3H3,(H,26,30). The van der Waals surface area contributed by atoms with Crippen LogP contribution < -0.4 is 5.32 Å². The lowest BCUT2D eigenvalue weighted by Gasteiger charge is -2.35. The summed E-state index contributed by atoms with van der Waals surface area (Å²) < 4.78 is 11.2. The number of ether oxygens (including phenoxy) is 1. The van der Waals surface area contributed by atoms with Crippen molar-refractivity contribution >= 4 is 23.4 Å². The number of nitrogens with zero attached hydrogens (tertiary/aromatic N) is 3. The number of thioether (sulfide) groups is 1. The molecule has 0 saturated heterocycles. The van der Waals surface area contributed by atoms with Gasteiger partial charge in [-0.2, -0.15) is 4.98 Å². The van der Waals surface area contributed by atoms with Gasteiger partial charge in [0, 0.05) is 35.9 Å². The van der Waals surface area contributed by atoms with E-state index in [1.807, 2.05) is 74.7 Å². The van der Waals surface area contributed by atoms with E-state index < -0.39 is 0 Å². The monoisotopic (exact) mass is 464 g/mol. The van der Waals surface area contributed by atoms with E-state index >= 15 is 0 Å². The molecule has 0 aliphatic carbocycles. The van der Waals surface area contributed by atoms with E-state index in [9.17, 15) is 4.79 Å². The maximum absolute atomic E-state index is 13.0. The molecule has 2 aromatic carbocycles. The summed E-state index contributed by atoms with van der Waals surface area (Å²) in [4.78, 5) is 20.6. The van der Waals surface area contributed by atoms with Crippen LogP contribution in [-0.2, 0) is 4.74 Å². The number of rotatable bonds is 9.